The van der Waals surface area contributed by atoms with E-state index in [9.17, 15) is 4.79 Å². The van der Waals surface area contributed by atoms with Crippen molar-refractivity contribution in [3.63, 3.8) is 0 Å². The van der Waals surface area contributed by atoms with E-state index in [1.807, 2.05) is 13.8 Å². The minimum atomic E-state index is -0.569. The summed E-state index contributed by atoms with van der Waals surface area (Å²) >= 11 is 0. The van der Waals surface area contributed by atoms with Crippen LogP contribution in [0, 0.1) is 6.92 Å². The van der Waals surface area contributed by atoms with Crippen molar-refractivity contribution in [2.45, 2.75) is 20.0 Å². The quantitative estimate of drug-likeness (QED) is 0.520. The first kappa shape index (κ1) is 20.8. The number of aryl methyl sites for hydroxylation is 1. The van der Waals surface area contributed by atoms with Crippen LogP contribution in [0.4, 0.5) is 0 Å². The molecule has 0 aliphatic heterocycles. The van der Waals surface area contributed by atoms with Gasteiger partial charge < -0.3 is 25.7 Å². The van der Waals surface area contributed by atoms with Crippen LogP contribution in [0.5, 0.6) is 17.4 Å². The smallest absolute Gasteiger partial charge is 0.279 e. The van der Waals surface area contributed by atoms with Crippen molar-refractivity contribution in [2.24, 2.45) is 16.5 Å². The van der Waals surface area contributed by atoms with Crippen LogP contribution in [0.3, 0.4) is 0 Å². The number of aromatic nitrogens is 2. The van der Waals surface area contributed by atoms with Gasteiger partial charge in [0.1, 0.15) is 23.4 Å². The van der Waals surface area contributed by atoms with Gasteiger partial charge in [0.15, 0.2) is 0 Å². The van der Waals surface area contributed by atoms with Crippen LogP contribution in [0.1, 0.15) is 23.0 Å². The standard InChI is InChI=1S/C19H23N5O4/c1-12-9-23-18(10-22-12)28-16-7-14(19(25)24-17(21)4-5-20)6-15(8-16)27-13(2)11-26-3/h4-10,13H,11,20H2,1-3H3,(H2,21,24,25)/b5-4-. The monoisotopic (exact) mass is 385 g/mol. The SMILES string of the molecule is COCC(C)Oc1cc(Oc2cnc(C)cn2)cc(C(=O)N=C(N)/C=C\N)c1. The maximum atomic E-state index is 12.4. The van der Waals surface area contributed by atoms with Gasteiger partial charge in [0.25, 0.3) is 5.91 Å². The Morgan fingerprint density at radius 2 is 2.00 bits per heavy atom. The molecule has 0 spiro atoms. The van der Waals surface area contributed by atoms with E-state index < -0.39 is 5.91 Å². The van der Waals surface area contributed by atoms with Crippen LogP contribution in [0.15, 0.2) is 47.9 Å². The van der Waals surface area contributed by atoms with Gasteiger partial charge in [-0.1, -0.05) is 0 Å². The molecule has 9 nitrogen and oxygen atoms in total. The summed E-state index contributed by atoms with van der Waals surface area (Å²) in [4.78, 5) is 24.5. The van der Waals surface area contributed by atoms with E-state index in [0.29, 0.717) is 18.1 Å². The van der Waals surface area contributed by atoms with Gasteiger partial charge >= 0.3 is 0 Å². The molecular formula is C19H23N5O4. The van der Waals surface area contributed by atoms with Crippen molar-refractivity contribution < 1.29 is 19.0 Å². The Morgan fingerprint density at radius 3 is 2.64 bits per heavy atom. The lowest BCUT2D eigenvalue weighted by Crippen LogP contribution is -2.18. The molecule has 0 saturated heterocycles. The summed E-state index contributed by atoms with van der Waals surface area (Å²) in [5.41, 5.74) is 11.9. The molecule has 0 bridgehead atoms. The molecule has 1 aromatic carbocycles. The van der Waals surface area contributed by atoms with Gasteiger partial charge in [-0.15, -0.1) is 0 Å². The predicted molar refractivity (Wildman–Crippen MR) is 105 cm³/mol. The van der Waals surface area contributed by atoms with Crippen LogP contribution in [-0.4, -0.2) is 41.5 Å². The third-order valence-electron chi connectivity index (χ3n) is 3.34. The second-order valence-corrected chi connectivity index (χ2v) is 5.88. The maximum Gasteiger partial charge on any atom is 0.279 e. The Balaban J connectivity index is 2.35. The number of amides is 1. The molecular weight excluding hydrogens is 362 g/mol. The molecule has 28 heavy (non-hydrogen) atoms. The zero-order valence-corrected chi connectivity index (χ0v) is 16.0. The number of nitrogens with two attached hydrogens (primary N) is 2. The van der Waals surface area contributed by atoms with Crippen molar-refractivity contribution in [1.82, 2.24) is 9.97 Å². The van der Waals surface area contributed by atoms with Gasteiger partial charge in [0.2, 0.25) is 5.88 Å². The number of benzene rings is 1. The number of nitrogens with zero attached hydrogens (tertiary/aromatic N) is 3. The highest BCUT2D eigenvalue weighted by molar-refractivity contribution is 6.06. The number of carbonyl (C=O) groups excluding carboxylic acids is 1. The summed E-state index contributed by atoms with van der Waals surface area (Å²) in [6.45, 7) is 4.04. The largest absolute Gasteiger partial charge is 0.488 e. The molecule has 1 atom stereocenters. The molecule has 148 valence electrons. The van der Waals surface area contributed by atoms with Crippen molar-refractivity contribution in [1.29, 1.82) is 0 Å². The van der Waals surface area contributed by atoms with Crippen LogP contribution >= 0.6 is 0 Å². The fraction of sp³-hybridized carbons (Fsp3) is 0.263. The average Bonchev–Trinajstić information content (AvgIpc) is 2.63. The first-order valence-corrected chi connectivity index (χ1v) is 8.45. The zero-order chi connectivity index (χ0) is 20.5. The third-order valence-corrected chi connectivity index (χ3v) is 3.34. The van der Waals surface area contributed by atoms with E-state index in [0.717, 1.165) is 5.69 Å². The van der Waals surface area contributed by atoms with Gasteiger partial charge in [-0.3, -0.25) is 9.78 Å². The first-order chi connectivity index (χ1) is 13.4. The average molecular weight is 385 g/mol. The predicted octanol–water partition coefficient (Wildman–Crippen LogP) is 1.96. The fourth-order valence-corrected chi connectivity index (χ4v) is 2.20. The Kier molecular flexibility index (Phi) is 7.46. The highest BCUT2D eigenvalue weighted by Gasteiger charge is 2.13. The van der Waals surface area contributed by atoms with Gasteiger partial charge in [-0.25, -0.2) is 4.98 Å². The first-order valence-electron chi connectivity index (χ1n) is 8.45. The Morgan fingerprint density at radius 1 is 1.25 bits per heavy atom. The Hall–Kier alpha value is -3.46. The normalized spacial score (nSPS) is 12.8. The van der Waals surface area contributed by atoms with Crippen molar-refractivity contribution in [2.75, 3.05) is 13.7 Å². The molecule has 0 aliphatic carbocycles. The molecule has 1 heterocycles. The number of carbonyl (C=O) groups is 1. The van der Waals surface area contributed by atoms with Crippen LogP contribution in [0.25, 0.3) is 0 Å². The van der Waals surface area contributed by atoms with E-state index in [2.05, 4.69) is 15.0 Å². The second-order valence-electron chi connectivity index (χ2n) is 5.88. The van der Waals surface area contributed by atoms with E-state index in [4.69, 9.17) is 25.7 Å². The lowest BCUT2D eigenvalue weighted by Gasteiger charge is -2.15. The van der Waals surface area contributed by atoms with Crippen LogP contribution < -0.4 is 20.9 Å². The Labute approximate surface area is 163 Å². The molecule has 1 amide bonds. The van der Waals surface area contributed by atoms with E-state index in [1.54, 1.807) is 25.4 Å². The number of ether oxygens (including phenoxy) is 3. The van der Waals surface area contributed by atoms with Gasteiger partial charge in [-0.05, 0) is 38.3 Å². The van der Waals surface area contributed by atoms with Crippen molar-refractivity contribution in [3.05, 3.63) is 54.1 Å². The van der Waals surface area contributed by atoms with Gasteiger partial charge in [0, 0.05) is 18.7 Å². The minimum absolute atomic E-state index is 0.0153. The number of amidine groups is 1. The number of methoxy groups -OCH3 is 1. The molecule has 0 fully saturated rings. The molecule has 1 unspecified atom stereocenters. The number of hydrogen-bond donors (Lipinski definition) is 2. The second kappa shape index (κ2) is 10.0. The molecule has 9 heteroatoms. The summed E-state index contributed by atoms with van der Waals surface area (Å²) in [5, 5.41) is 0. The van der Waals surface area contributed by atoms with Crippen molar-refractivity contribution in [3.8, 4) is 17.4 Å². The summed E-state index contributed by atoms with van der Waals surface area (Å²) in [6, 6.07) is 4.70. The summed E-state index contributed by atoms with van der Waals surface area (Å²) in [5.74, 6) is 0.444. The van der Waals surface area contributed by atoms with E-state index in [-0.39, 0.29) is 23.4 Å². The molecule has 4 N–H and O–H groups in total. The fourth-order valence-electron chi connectivity index (χ4n) is 2.20. The lowest BCUT2D eigenvalue weighted by atomic mass is 10.2. The Bertz CT molecular complexity index is 865. The summed E-state index contributed by atoms with van der Waals surface area (Å²) in [7, 11) is 1.58. The molecule has 2 rings (SSSR count). The van der Waals surface area contributed by atoms with E-state index >= 15 is 0 Å². The topological polar surface area (TPSA) is 135 Å². The number of aliphatic imine (C=N–C) groups is 1. The molecule has 2 aromatic rings. The molecule has 1 aromatic heterocycles. The maximum absolute atomic E-state index is 12.4. The highest BCUT2D eigenvalue weighted by atomic mass is 16.5. The van der Waals surface area contributed by atoms with Crippen LogP contribution in [-0.2, 0) is 4.74 Å². The third kappa shape index (κ3) is 6.36. The molecule has 0 saturated carbocycles. The van der Waals surface area contributed by atoms with Crippen molar-refractivity contribution >= 4 is 11.7 Å². The minimum Gasteiger partial charge on any atom is -0.488 e. The van der Waals surface area contributed by atoms with Gasteiger partial charge in [-0.2, -0.15) is 4.99 Å². The zero-order valence-electron chi connectivity index (χ0n) is 16.0. The van der Waals surface area contributed by atoms with Gasteiger partial charge in [0.05, 0.1) is 24.7 Å². The molecule has 0 aliphatic rings. The summed E-state index contributed by atoms with van der Waals surface area (Å²) < 4.78 is 16.6. The van der Waals surface area contributed by atoms with Crippen LogP contribution in [0.2, 0.25) is 0 Å². The highest BCUT2D eigenvalue weighted by Crippen LogP contribution is 2.27. The summed E-state index contributed by atoms with van der Waals surface area (Å²) in [6.07, 6.45) is 5.34. The number of rotatable bonds is 8. The van der Waals surface area contributed by atoms with E-state index in [1.165, 1.54) is 24.5 Å². The molecule has 0 radical (unpaired) electrons. The lowest BCUT2D eigenvalue weighted by molar-refractivity contribution is 0.0915. The number of hydrogen-bond acceptors (Lipinski definition) is 7.